The van der Waals surface area contributed by atoms with Gasteiger partial charge in [-0.15, -0.1) is 0 Å². The first kappa shape index (κ1) is 14.8. The van der Waals surface area contributed by atoms with E-state index < -0.39 is 5.60 Å². The van der Waals surface area contributed by atoms with Crippen molar-refractivity contribution >= 4 is 11.6 Å². The first-order valence-electron chi connectivity index (χ1n) is 7.07. The molecule has 2 rings (SSSR count). The van der Waals surface area contributed by atoms with Gasteiger partial charge in [-0.1, -0.05) is 36.6 Å². The zero-order valence-corrected chi connectivity index (χ0v) is 12.9. The first-order chi connectivity index (χ1) is 8.93. The fourth-order valence-electron chi connectivity index (χ4n) is 3.21. The zero-order chi connectivity index (χ0) is 14.0. The van der Waals surface area contributed by atoms with Gasteiger partial charge in [-0.05, 0) is 51.1 Å². The molecule has 0 spiro atoms. The minimum atomic E-state index is -0.697. The molecule has 0 amide bonds. The van der Waals surface area contributed by atoms with Crippen LogP contribution in [0.5, 0.6) is 0 Å². The van der Waals surface area contributed by atoms with Gasteiger partial charge in [0.2, 0.25) is 0 Å². The van der Waals surface area contributed by atoms with Crippen LogP contribution in [0, 0.1) is 12.8 Å². The maximum Gasteiger partial charge on any atom is 0.0936 e. The van der Waals surface area contributed by atoms with Crippen molar-refractivity contribution in [3.63, 3.8) is 0 Å². The number of hydrogen-bond donors (Lipinski definition) is 1. The van der Waals surface area contributed by atoms with Crippen molar-refractivity contribution in [2.75, 3.05) is 20.6 Å². The fraction of sp³-hybridized carbons (Fsp3) is 0.625. The van der Waals surface area contributed by atoms with Crippen molar-refractivity contribution in [2.45, 2.75) is 38.2 Å². The van der Waals surface area contributed by atoms with Crippen molar-refractivity contribution in [3.8, 4) is 0 Å². The summed E-state index contributed by atoms with van der Waals surface area (Å²) in [5, 5.41) is 12.0. The second-order valence-electron chi connectivity index (χ2n) is 6.09. The molecule has 0 heterocycles. The van der Waals surface area contributed by atoms with Crippen molar-refractivity contribution in [1.29, 1.82) is 0 Å². The molecule has 2 atom stereocenters. The van der Waals surface area contributed by atoms with E-state index in [1.807, 2.05) is 19.1 Å². The minimum Gasteiger partial charge on any atom is -0.385 e. The van der Waals surface area contributed by atoms with Gasteiger partial charge in [0.1, 0.15) is 0 Å². The summed E-state index contributed by atoms with van der Waals surface area (Å²) in [5.41, 5.74) is 1.38. The lowest BCUT2D eigenvalue weighted by molar-refractivity contribution is -0.0618. The molecule has 0 bridgehead atoms. The Hall–Kier alpha value is -0.570. The van der Waals surface area contributed by atoms with Crippen LogP contribution in [0.15, 0.2) is 18.2 Å². The van der Waals surface area contributed by atoms with Gasteiger partial charge in [0.05, 0.1) is 5.60 Å². The van der Waals surface area contributed by atoms with Crippen LogP contribution in [0.25, 0.3) is 0 Å². The molecule has 106 valence electrons. The van der Waals surface area contributed by atoms with Gasteiger partial charge in [-0.2, -0.15) is 0 Å². The summed E-state index contributed by atoms with van der Waals surface area (Å²) in [6, 6.07) is 5.95. The van der Waals surface area contributed by atoms with Gasteiger partial charge in [0.15, 0.2) is 0 Å². The Morgan fingerprint density at radius 1 is 1.37 bits per heavy atom. The minimum absolute atomic E-state index is 0.303. The first-order valence-corrected chi connectivity index (χ1v) is 7.45. The second kappa shape index (κ2) is 5.82. The molecule has 1 N–H and O–H groups in total. The SMILES string of the molecule is Cc1cc([C@@]2(O)CCCCC2CN(C)C)ccc1Cl. The van der Waals surface area contributed by atoms with Crippen LogP contribution in [0.1, 0.15) is 36.8 Å². The van der Waals surface area contributed by atoms with E-state index in [4.69, 9.17) is 11.6 Å². The largest absolute Gasteiger partial charge is 0.385 e. The molecule has 1 fully saturated rings. The Kier molecular flexibility index (Phi) is 4.54. The summed E-state index contributed by atoms with van der Waals surface area (Å²) < 4.78 is 0. The van der Waals surface area contributed by atoms with E-state index in [1.54, 1.807) is 0 Å². The van der Waals surface area contributed by atoms with Crippen molar-refractivity contribution < 1.29 is 5.11 Å². The number of nitrogens with zero attached hydrogens (tertiary/aromatic N) is 1. The third-order valence-electron chi connectivity index (χ3n) is 4.28. The molecule has 1 unspecified atom stereocenters. The highest BCUT2D eigenvalue weighted by atomic mass is 35.5. The number of halogens is 1. The smallest absolute Gasteiger partial charge is 0.0936 e. The molecule has 0 aliphatic heterocycles. The molecular formula is C16H24ClNO. The lowest BCUT2D eigenvalue weighted by atomic mass is 9.71. The summed E-state index contributed by atoms with van der Waals surface area (Å²) in [6.07, 6.45) is 4.26. The van der Waals surface area contributed by atoms with Crippen LogP contribution in [-0.2, 0) is 5.60 Å². The molecule has 0 radical (unpaired) electrons. The molecular weight excluding hydrogens is 258 g/mol. The molecule has 19 heavy (non-hydrogen) atoms. The van der Waals surface area contributed by atoms with E-state index in [2.05, 4.69) is 25.1 Å². The third kappa shape index (κ3) is 3.13. The Labute approximate surface area is 121 Å². The standard InChI is InChI=1S/C16H24ClNO/c1-12-10-13(7-8-15(12)17)16(19)9-5-4-6-14(16)11-18(2)3/h7-8,10,14,19H,4-6,9,11H2,1-3H3/t14?,16-/m0/s1. The number of aliphatic hydroxyl groups is 1. The van der Waals surface area contributed by atoms with Crippen LogP contribution < -0.4 is 0 Å². The highest BCUT2D eigenvalue weighted by molar-refractivity contribution is 6.31. The monoisotopic (exact) mass is 281 g/mol. The average molecular weight is 282 g/mol. The number of aryl methyl sites for hydroxylation is 1. The van der Waals surface area contributed by atoms with Crippen LogP contribution in [0.2, 0.25) is 5.02 Å². The van der Waals surface area contributed by atoms with Gasteiger partial charge in [-0.25, -0.2) is 0 Å². The van der Waals surface area contributed by atoms with E-state index in [0.717, 1.165) is 42.0 Å². The average Bonchev–Trinajstić information content (AvgIpc) is 2.35. The van der Waals surface area contributed by atoms with Crippen LogP contribution in [0.3, 0.4) is 0 Å². The highest BCUT2D eigenvalue weighted by Gasteiger charge is 2.40. The molecule has 0 saturated heterocycles. The molecule has 3 heteroatoms. The summed E-state index contributed by atoms with van der Waals surface area (Å²) in [6.45, 7) is 2.93. The lowest BCUT2D eigenvalue weighted by Gasteiger charge is -2.42. The van der Waals surface area contributed by atoms with Crippen LogP contribution in [-0.4, -0.2) is 30.6 Å². The molecule has 1 aliphatic rings. The number of rotatable bonds is 3. The Balaban J connectivity index is 2.33. The summed E-state index contributed by atoms with van der Waals surface area (Å²) in [7, 11) is 4.14. The Morgan fingerprint density at radius 2 is 2.11 bits per heavy atom. The predicted octanol–water partition coefficient (Wildman–Crippen LogP) is 3.59. The van der Waals surface area contributed by atoms with Gasteiger partial charge in [-0.3, -0.25) is 0 Å². The lowest BCUT2D eigenvalue weighted by Crippen LogP contribution is -2.43. The summed E-state index contributed by atoms with van der Waals surface area (Å²) in [5.74, 6) is 0.303. The fourth-order valence-corrected chi connectivity index (χ4v) is 3.32. The molecule has 2 nitrogen and oxygen atoms in total. The van der Waals surface area contributed by atoms with E-state index in [9.17, 15) is 5.11 Å². The van der Waals surface area contributed by atoms with E-state index in [0.29, 0.717) is 5.92 Å². The number of benzene rings is 1. The van der Waals surface area contributed by atoms with Crippen molar-refractivity contribution in [3.05, 3.63) is 34.3 Å². The van der Waals surface area contributed by atoms with E-state index >= 15 is 0 Å². The Morgan fingerprint density at radius 3 is 2.74 bits per heavy atom. The quantitative estimate of drug-likeness (QED) is 0.915. The van der Waals surface area contributed by atoms with Gasteiger partial charge >= 0.3 is 0 Å². The van der Waals surface area contributed by atoms with Crippen molar-refractivity contribution in [2.24, 2.45) is 5.92 Å². The zero-order valence-electron chi connectivity index (χ0n) is 12.1. The molecule has 1 aromatic carbocycles. The molecule has 1 aliphatic carbocycles. The predicted molar refractivity (Wildman–Crippen MR) is 80.6 cm³/mol. The maximum atomic E-state index is 11.2. The molecule has 1 aromatic rings. The number of hydrogen-bond acceptors (Lipinski definition) is 2. The van der Waals surface area contributed by atoms with Gasteiger partial charge in [0, 0.05) is 17.5 Å². The van der Waals surface area contributed by atoms with Crippen molar-refractivity contribution in [1.82, 2.24) is 4.90 Å². The van der Waals surface area contributed by atoms with Gasteiger partial charge in [0.25, 0.3) is 0 Å². The second-order valence-corrected chi connectivity index (χ2v) is 6.50. The maximum absolute atomic E-state index is 11.2. The summed E-state index contributed by atoms with van der Waals surface area (Å²) >= 11 is 6.10. The van der Waals surface area contributed by atoms with E-state index in [1.165, 1.54) is 6.42 Å². The third-order valence-corrected chi connectivity index (χ3v) is 4.70. The summed E-state index contributed by atoms with van der Waals surface area (Å²) in [4.78, 5) is 2.17. The van der Waals surface area contributed by atoms with Crippen LogP contribution >= 0.6 is 11.6 Å². The molecule has 0 aromatic heterocycles. The van der Waals surface area contributed by atoms with Crippen LogP contribution in [0.4, 0.5) is 0 Å². The highest BCUT2D eigenvalue weighted by Crippen LogP contribution is 2.42. The topological polar surface area (TPSA) is 23.5 Å². The molecule has 1 saturated carbocycles. The van der Waals surface area contributed by atoms with Gasteiger partial charge < -0.3 is 10.0 Å². The Bertz CT molecular complexity index is 446. The van der Waals surface area contributed by atoms with E-state index in [-0.39, 0.29) is 0 Å². The normalized spacial score (nSPS) is 27.8.